The predicted molar refractivity (Wildman–Crippen MR) is 79.4 cm³/mol. The third-order valence-electron chi connectivity index (χ3n) is 2.64. The van der Waals surface area contributed by atoms with Gasteiger partial charge >= 0.3 is 0 Å². The van der Waals surface area contributed by atoms with Crippen LogP contribution in [0, 0.1) is 11.8 Å². The first kappa shape index (κ1) is 14.7. The van der Waals surface area contributed by atoms with Gasteiger partial charge in [-0.1, -0.05) is 24.1 Å². The molecule has 0 fully saturated rings. The summed E-state index contributed by atoms with van der Waals surface area (Å²) < 4.78 is 31.0. The Balaban J connectivity index is 2.26. The lowest BCUT2D eigenvalue weighted by Crippen LogP contribution is -2.07. The maximum Gasteiger partial charge on any atom is 0.288 e. The number of hydrogen-bond acceptors (Lipinski definition) is 2. The zero-order valence-electron chi connectivity index (χ0n) is 11.4. The van der Waals surface area contributed by atoms with Crippen LogP contribution in [-0.4, -0.2) is 19.2 Å². The molecule has 2 rings (SSSR count). The van der Waals surface area contributed by atoms with Crippen molar-refractivity contribution in [3.63, 3.8) is 0 Å². The topological polar surface area (TPSA) is 21.6 Å². The van der Waals surface area contributed by atoms with Crippen LogP contribution in [0.2, 0.25) is 0 Å². The molecule has 0 radical (unpaired) electrons. The Bertz CT molecular complexity index is 667. The van der Waals surface area contributed by atoms with E-state index >= 15 is 0 Å². The van der Waals surface area contributed by atoms with Crippen LogP contribution in [0.4, 0.5) is 14.5 Å². The van der Waals surface area contributed by atoms with Crippen LogP contribution in [0.15, 0.2) is 59.6 Å². The fraction of sp³-hybridized carbons (Fsp3) is 0.118. The number of ether oxygens (including phenoxy) is 1. The van der Waals surface area contributed by atoms with Gasteiger partial charge in [-0.2, -0.15) is 0 Å². The van der Waals surface area contributed by atoms with Crippen LogP contribution in [0.5, 0.6) is 5.75 Å². The van der Waals surface area contributed by atoms with Gasteiger partial charge in [-0.25, -0.2) is 13.8 Å². The number of halogens is 2. The van der Waals surface area contributed by atoms with E-state index in [-0.39, 0.29) is 0 Å². The number of aliphatic imine (C=N–C) groups is 1. The van der Waals surface area contributed by atoms with Crippen molar-refractivity contribution in [2.45, 2.75) is 6.43 Å². The second kappa shape index (κ2) is 7.20. The molecule has 0 spiro atoms. The van der Waals surface area contributed by atoms with Gasteiger partial charge in [-0.3, -0.25) is 0 Å². The Hall–Kier alpha value is -2.67. The molecule has 0 atom stereocenters. The molecule has 0 N–H and O–H groups in total. The quantitative estimate of drug-likeness (QED) is 0.615. The normalized spacial score (nSPS) is 11.0. The van der Waals surface area contributed by atoms with E-state index < -0.39 is 12.1 Å². The molecule has 0 aliphatic heterocycles. The monoisotopic (exact) mass is 285 g/mol. The molecule has 106 valence electrons. The van der Waals surface area contributed by atoms with E-state index in [0.717, 1.165) is 0 Å². The SMILES string of the molecule is COc1ccc(N=C(C#Cc2ccccc2)C(F)F)cc1. The minimum atomic E-state index is -2.72. The molecule has 0 bridgehead atoms. The lowest BCUT2D eigenvalue weighted by atomic mass is 10.2. The van der Waals surface area contributed by atoms with Crippen LogP contribution >= 0.6 is 0 Å². The molecule has 0 saturated heterocycles. The lowest BCUT2D eigenvalue weighted by Gasteiger charge is -2.01. The number of rotatable bonds is 3. The summed E-state index contributed by atoms with van der Waals surface area (Å²) in [6.07, 6.45) is -2.72. The number of alkyl halides is 2. The van der Waals surface area contributed by atoms with Crippen LogP contribution in [0.1, 0.15) is 5.56 Å². The molecular weight excluding hydrogens is 272 g/mol. The summed E-state index contributed by atoms with van der Waals surface area (Å²) in [6, 6.07) is 15.5. The molecule has 0 aliphatic rings. The van der Waals surface area contributed by atoms with Gasteiger partial charge in [0.15, 0.2) is 5.71 Å². The Labute approximate surface area is 122 Å². The molecule has 0 unspecified atom stereocenters. The van der Waals surface area contributed by atoms with Crippen molar-refractivity contribution in [1.29, 1.82) is 0 Å². The third kappa shape index (κ3) is 4.43. The van der Waals surface area contributed by atoms with Gasteiger partial charge in [-0.15, -0.1) is 0 Å². The molecule has 0 heterocycles. The van der Waals surface area contributed by atoms with Gasteiger partial charge in [0.25, 0.3) is 6.43 Å². The molecule has 21 heavy (non-hydrogen) atoms. The maximum atomic E-state index is 13.0. The zero-order chi connectivity index (χ0) is 15.1. The Morgan fingerprint density at radius 3 is 2.29 bits per heavy atom. The van der Waals surface area contributed by atoms with Crippen molar-refractivity contribution in [2.75, 3.05) is 7.11 Å². The Morgan fingerprint density at radius 2 is 1.71 bits per heavy atom. The maximum absolute atomic E-state index is 13.0. The first-order valence-corrected chi connectivity index (χ1v) is 6.27. The van der Waals surface area contributed by atoms with Crippen LogP contribution in [0.3, 0.4) is 0 Å². The van der Waals surface area contributed by atoms with Gasteiger partial charge in [0.2, 0.25) is 0 Å². The van der Waals surface area contributed by atoms with Gasteiger partial charge in [0.05, 0.1) is 12.8 Å². The summed E-state index contributed by atoms with van der Waals surface area (Å²) in [5.41, 5.74) is 0.623. The summed E-state index contributed by atoms with van der Waals surface area (Å²) in [5.74, 6) is 5.76. The van der Waals surface area contributed by atoms with E-state index in [1.54, 1.807) is 48.5 Å². The summed E-state index contributed by atoms with van der Waals surface area (Å²) in [7, 11) is 1.54. The summed E-state index contributed by atoms with van der Waals surface area (Å²) in [5, 5.41) is 0. The first-order chi connectivity index (χ1) is 10.2. The van der Waals surface area contributed by atoms with Gasteiger partial charge in [-0.05, 0) is 42.3 Å². The molecule has 2 nitrogen and oxygen atoms in total. The van der Waals surface area contributed by atoms with Crippen molar-refractivity contribution in [1.82, 2.24) is 0 Å². The summed E-state index contributed by atoms with van der Waals surface area (Å²) >= 11 is 0. The third-order valence-corrected chi connectivity index (χ3v) is 2.64. The average molecular weight is 285 g/mol. The van der Waals surface area contributed by atoms with Crippen LogP contribution in [-0.2, 0) is 0 Å². The molecular formula is C17H13F2NO. The number of benzene rings is 2. The van der Waals surface area contributed by atoms with E-state index in [9.17, 15) is 8.78 Å². The second-order valence-corrected chi connectivity index (χ2v) is 4.11. The van der Waals surface area contributed by atoms with E-state index in [2.05, 4.69) is 16.8 Å². The van der Waals surface area contributed by atoms with E-state index in [1.165, 1.54) is 7.11 Å². The molecule has 0 amide bonds. The largest absolute Gasteiger partial charge is 0.497 e. The van der Waals surface area contributed by atoms with E-state index in [4.69, 9.17) is 4.74 Å². The molecule has 0 aromatic heterocycles. The smallest absolute Gasteiger partial charge is 0.288 e. The highest BCUT2D eigenvalue weighted by atomic mass is 19.3. The molecule has 2 aromatic carbocycles. The number of nitrogens with zero attached hydrogens (tertiary/aromatic N) is 1. The zero-order valence-corrected chi connectivity index (χ0v) is 11.4. The van der Waals surface area contributed by atoms with Gasteiger partial charge in [0.1, 0.15) is 5.75 Å². The number of hydrogen-bond donors (Lipinski definition) is 0. The highest BCUT2D eigenvalue weighted by molar-refractivity contribution is 6.04. The Kier molecular flexibility index (Phi) is 5.05. The van der Waals surface area contributed by atoms with Crippen molar-refractivity contribution in [3.05, 3.63) is 60.2 Å². The minimum absolute atomic E-state index is 0.411. The Morgan fingerprint density at radius 1 is 1.05 bits per heavy atom. The number of methoxy groups -OCH3 is 1. The van der Waals surface area contributed by atoms with E-state index in [0.29, 0.717) is 17.0 Å². The van der Waals surface area contributed by atoms with Crippen LogP contribution < -0.4 is 4.74 Å². The predicted octanol–water partition coefficient (Wildman–Crippen LogP) is 4.08. The van der Waals surface area contributed by atoms with Gasteiger partial charge in [0, 0.05) is 5.56 Å². The standard InChI is InChI=1S/C17H13F2NO/c1-21-15-10-8-14(9-11-15)20-16(17(18)19)12-7-13-5-3-2-4-6-13/h2-6,8-11,17H,1H3. The molecule has 0 saturated carbocycles. The van der Waals surface area contributed by atoms with Crippen molar-refractivity contribution < 1.29 is 13.5 Å². The lowest BCUT2D eigenvalue weighted by molar-refractivity contribution is 0.227. The van der Waals surface area contributed by atoms with Gasteiger partial charge < -0.3 is 4.74 Å². The van der Waals surface area contributed by atoms with Crippen molar-refractivity contribution in [2.24, 2.45) is 4.99 Å². The van der Waals surface area contributed by atoms with Crippen molar-refractivity contribution >= 4 is 11.4 Å². The molecule has 2 aromatic rings. The first-order valence-electron chi connectivity index (χ1n) is 6.27. The minimum Gasteiger partial charge on any atom is -0.497 e. The summed E-state index contributed by atoms with van der Waals surface area (Å²) in [6.45, 7) is 0. The summed E-state index contributed by atoms with van der Waals surface area (Å²) in [4.78, 5) is 3.89. The fourth-order valence-electron chi connectivity index (χ4n) is 1.58. The molecule has 0 aliphatic carbocycles. The van der Waals surface area contributed by atoms with E-state index in [1.807, 2.05) is 6.07 Å². The average Bonchev–Trinajstić information content (AvgIpc) is 2.52. The molecule has 4 heteroatoms. The highest BCUT2D eigenvalue weighted by Gasteiger charge is 2.10. The van der Waals surface area contributed by atoms with Crippen LogP contribution in [0.25, 0.3) is 0 Å². The highest BCUT2D eigenvalue weighted by Crippen LogP contribution is 2.18. The fourth-order valence-corrected chi connectivity index (χ4v) is 1.58. The second-order valence-electron chi connectivity index (χ2n) is 4.11. The van der Waals surface area contributed by atoms with Crippen molar-refractivity contribution in [3.8, 4) is 17.6 Å².